The maximum Gasteiger partial charge on any atom is 0.338 e. The van der Waals surface area contributed by atoms with E-state index in [1.807, 2.05) is 0 Å². The van der Waals surface area contributed by atoms with Crippen LogP contribution in [0.15, 0.2) is 30.6 Å². The largest absolute Gasteiger partial charge is 0.495 e. The van der Waals surface area contributed by atoms with Crippen molar-refractivity contribution in [2.75, 3.05) is 7.11 Å². The minimum absolute atomic E-state index is 0.252. The molecule has 1 N–H and O–H groups in total. The standard InChI is InChI=1S/C10H9NO3/c1-14-8-3-2-5-11-6-4-7(9(8)11)10(12)13/h2-6H,1H3,(H,12,13). The molecule has 0 aliphatic heterocycles. The lowest BCUT2D eigenvalue weighted by Crippen LogP contribution is -1.97. The van der Waals surface area contributed by atoms with Crippen molar-refractivity contribution in [1.82, 2.24) is 4.40 Å². The summed E-state index contributed by atoms with van der Waals surface area (Å²) in [6, 6.07) is 5.10. The summed E-state index contributed by atoms with van der Waals surface area (Å²) < 4.78 is 6.82. The highest BCUT2D eigenvalue weighted by molar-refractivity contribution is 5.97. The molecule has 0 aromatic carbocycles. The summed E-state index contributed by atoms with van der Waals surface area (Å²) in [5.74, 6) is -0.382. The SMILES string of the molecule is COc1cccn2ccc(C(=O)O)c12. The fourth-order valence-electron chi connectivity index (χ4n) is 1.47. The van der Waals surface area contributed by atoms with Crippen molar-refractivity contribution in [3.8, 4) is 5.75 Å². The van der Waals surface area contributed by atoms with Gasteiger partial charge in [-0.1, -0.05) is 0 Å². The normalized spacial score (nSPS) is 10.4. The first-order valence-electron chi connectivity index (χ1n) is 4.11. The van der Waals surface area contributed by atoms with Crippen LogP contribution in [-0.2, 0) is 0 Å². The van der Waals surface area contributed by atoms with E-state index in [2.05, 4.69) is 0 Å². The maximum atomic E-state index is 10.9. The number of carboxylic acids is 1. The van der Waals surface area contributed by atoms with Crippen LogP contribution < -0.4 is 4.74 Å². The molecular formula is C10H9NO3. The lowest BCUT2D eigenvalue weighted by molar-refractivity contribution is 0.0699. The van der Waals surface area contributed by atoms with Gasteiger partial charge in [-0.2, -0.15) is 0 Å². The third-order valence-electron chi connectivity index (χ3n) is 2.09. The van der Waals surface area contributed by atoms with Crippen LogP contribution in [0.2, 0.25) is 0 Å². The predicted molar refractivity (Wildman–Crippen MR) is 50.9 cm³/mol. The van der Waals surface area contributed by atoms with Crippen LogP contribution in [0.4, 0.5) is 0 Å². The summed E-state index contributed by atoms with van der Waals surface area (Å²) in [4.78, 5) is 10.9. The fourth-order valence-corrected chi connectivity index (χ4v) is 1.47. The second kappa shape index (κ2) is 3.06. The van der Waals surface area contributed by atoms with Gasteiger partial charge >= 0.3 is 5.97 Å². The number of carboxylic acid groups (broad SMARTS) is 1. The Morgan fingerprint density at radius 3 is 2.86 bits per heavy atom. The molecule has 0 saturated carbocycles. The number of aromatic carboxylic acids is 1. The molecule has 4 heteroatoms. The molecule has 0 aliphatic carbocycles. The quantitative estimate of drug-likeness (QED) is 0.785. The molecule has 2 aromatic rings. The smallest absolute Gasteiger partial charge is 0.338 e. The molecule has 2 rings (SSSR count). The van der Waals surface area contributed by atoms with E-state index in [1.165, 1.54) is 7.11 Å². The van der Waals surface area contributed by atoms with Crippen LogP contribution in [-0.4, -0.2) is 22.6 Å². The first kappa shape index (κ1) is 8.62. The molecule has 2 heterocycles. The molecule has 0 amide bonds. The van der Waals surface area contributed by atoms with Crippen molar-refractivity contribution < 1.29 is 14.6 Å². The Kier molecular flexibility index (Phi) is 1.89. The molecule has 0 saturated heterocycles. The molecule has 0 radical (unpaired) electrons. The first-order chi connectivity index (χ1) is 6.74. The number of rotatable bonds is 2. The van der Waals surface area contributed by atoms with E-state index >= 15 is 0 Å². The molecule has 14 heavy (non-hydrogen) atoms. The Balaban J connectivity index is 2.81. The highest BCUT2D eigenvalue weighted by Crippen LogP contribution is 2.23. The van der Waals surface area contributed by atoms with Gasteiger partial charge in [0.15, 0.2) is 0 Å². The van der Waals surface area contributed by atoms with Gasteiger partial charge in [0.05, 0.1) is 12.7 Å². The maximum absolute atomic E-state index is 10.9. The van der Waals surface area contributed by atoms with Gasteiger partial charge in [-0.15, -0.1) is 0 Å². The van der Waals surface area contributed by atoms with Crippen LogP contribution in [0, 0.1) is 0 Å². The average Bonchev–Trinajstić information content (AvgIpc) is 2.60. The van der Waals surface area contributed by atoms with Crippen LogP contribution in [0.1, 0.15) is 10.4 Å². The monoisotopic (exact) mass is 191 g/mol. The number of methoxy groups -OCH3 is 1. The number of nitrogens with zero attached hydrogens (tertiary/aromatic N) is 1. The molecule has 72 valence electrons. The lowest BCUT2D eigenvalue weighted by Gasteiger charge is -2.03. The van der Waals surface area contributed by atoms with E-state index in [-0.39, 0.29) is 5.56 Å². The Bertz CT molecular complexity index is 487. The number of fused-ring (bicyclic) bond motifs is 1. The second-order valence-electron chi connectivity index (χ2n) is 2.87. The molecule has 0 atom stereocenters. The van der Waals surface area contributed by atoms with Gasteiger partial charge in [0.1, 0.15) is 11.3 Å². The van der Waals surface area contributed by atoms with E-state index in [1.54, 1.807) is 35.0 Å². The zero-order chi connectivity index (χ0) is 10.1. The summed E-state index contributed by atoms with van der Waals surface area (Å²) in [7, 11) is 1.52. The Labute approximate surface area is 80.3 Å². The van der Waals surface area contributed by atoms with Crippen LogP contribution in [0.5, 0.6) is 5.75 Å². The third-order valence-corrected chi connectivity index (χ3v) is 2.09. The molecule has 0 bridgehead atoms. The third kappa shape index (κ3) is 1.12. The molecule has 0 spiro atoms. The van der Waals surface area contributed by atoms with Crippen molar-refractivity contribution in [2.24, 2.45) is 0 Å². The molecule has 0 aliphatic rings. The zero-order valence-corrected chi connectivity index (χ0v) is 7.60. The highest BCUT2D eigenvalue weighted by Gasteiger charge is 2.12. The minimum Gasteiger partial charge on any atom is -0.495 e. The second-order valence-corrected chi connectivity index (χ2v) is 2.87. The number of pyridine rings is 1. The van der Waals surface area contributed by atoms with Gasteiger partial charge in [0.2, 0.25) is 0 Å². The van der Waals surface area contributed by atoms with Crippen molar-refractivity contribution in [1.29, 1.82) is 0 Å². The van der Waals surface area contributed by atoms with Gasteiger partial charge in [-0.05, 0) is 18.2 Å². The van der Waals surface area contributed by atoms with E-state index in [4.69, 9.17) is 9.84 Å². The zero-order valence-electron chi connectivity index (χ0n) is 7.60. The summed E-state index contributed by atoms with van der Waals surface area (Å²) in [5.41, 5.74) is 0.838. The topological polar surface area (TPSA) is 50.9 Å². The number of carbonyl (C=O) groups is 1. The van der Waals surface area contributed by atoms with Crippen LogP contribution in [0.3, 0.4) is 0 Å². The van der Waals surface area contributed by atoms with Crippen molar-refractivity contribution in [3.63, 3.8) is 0 Å². The molecule has 0 unspecified atom stereocenters. The Morgan fingerprint density at radius 2 is 2.21 bits per heavy atom. The lowest BCUT2D eigenvalue weighted by atomic mass is 10.2. The first-order valence-corrected chi connectivity index (χ1v) is 4.11. The predicted octanol–water partition coefficient (Wildman–Crippen LogP) is 1.65. The molecule has 4 nitrogen and oxygen atoms in total. The molecule has 2 aromatic heterocycles. The van der Waals surface area contributed by atoms with Crippen molar-refractivity contribution in [3.05, 3.63) is 36.2 Å². The number of aromatic nitrogens is 1. The van der Waals surface area contributed by atoms with Gasteiger partial charge in [0, 0.05) is 12.4 Å². The van der Waals surface area contributed by atoms with Gasteiger partial charge in [-0.3, -0.25) is 0 Å². The minimum atomic E-state index is -0.947. The van der Waals surface area contributed by atoms with Crippen LogP contribution in [0.25, 0.3) is 5.52 Å². The Hall–Kier alpha value is -1.97. The number of ether oxygens (including phenoxy) is 1. The van der Waals surface area contributed by atoms with Crippen molar-refractivity contribution >= 4 is 11.5 Å². The van der Waals surface area contributed by atoms with E-state index in [9.17, 15) is 4.79 Å². The summed E-state index contributed by atoms with van der Waals surface area (Å²) >= 11 is 0. The van der Waals surface area contributed by atoms with Gasteiger partial charge in [-0.25, -0.2) is 4.79 Å². The van der Waals surface area contributed by atoms with E-state index in [0.717, 1.165) is 0 Å². The highest BCUT2D eigenvalue weighted by atomic mass is 16.5. The summed E-state index contributed by atoms with van der Waals surface area (Å²) in [6.45, 7) is 0. The Morgan fingerprint density at radius 1 is 1.43 bits per heavy atom. The summed E-state index contributed by atoms with van der Waals surface area (Å²) in [6.07, 6.45) is 3.48. The summed E-state index contributed by atoms with van der Waals surface area (Å²) in [5, 5.41) is 8.92. The fraction of sp³-hybridized carbons (Fsp3) is 0.100. The van der Waals surface area contributed by atoms with Crippen LogP contribution >= 0.6 is 0 Å². The average molecular weight is 191 g/mol. The molecular weight excluding hydrogens is 182 g/mol. The molecule has 0 fully saturated rings. The van der Waals surface area contributed by atoms with E-state index in [0.29, 0.717) is 11.3 Å². The number of hydrogen-bond acceptors (Lipinski definition) is 2. The van der Waals surface area contributed by atoms with E-state index < -0.39 is 5.97 Å². The number of hydrogen-bond donors (Lipinski definition) is 1. The van der Waals surface area contributed by atoms with Gasteiger partial charge < -0.3 is 14.2 Å². The van der Waals surface area contributed by atoms with Gasteiger partial charge in [0.25, 0.3) is 0 Å². The van der Waals surface area contributed by atoms with Crippen molar-refractivity contribution in [2.45, 2.75) is 0 Å².